The fourth-order valence-corrected chi connectivity index (χ4v) is 5.80. The molecule has 6 nitrogen and oxygen atoms in total. The van der Waals surface area contributed by atoms with Crippen LogP contribution in [0.3, 0.4) is 0 Å². The van der Waals surface area contributed by atoms with Crippen molar-refractivity contribution >= 4 is 23.0 Å². The average Bonchev–Trinajstić information content (AvgIpc) is 3.53. The number of nitrogens with one attached hydrogen (secondary N) is 1. The zero-order valence-corrected chi connectivity index (χ0v) is 26.2. The van der Waals surface area contributed by atoms with Crippen LogP contribution in [-0.4, -0.2) is 34.8 Å². The predicted octanol–water partition coefficient (Wildman–Crippen LogP) is 7.91. The second-order valence-corrected chi connectivity index (χ2v) is 12.7. The number of hydrogen-bond acceptors (Lipinski definition) is 6. The number of benzene rings is 3. The fraction of sp³-hybridized carbons (Fsp3) is 0.222. The van der Waals surface area contributed by atoms with Crippen molar-refractivity contribution < 1.29 is 18.7 Å². The van der Waals surface area contributed by atoms with Gasteiger partial charge in [0.1, 0.15) is 11.6 Å². The average molecular weight is 608 g/mol. The van der Waals surface area contributed by atoms with E-state index < -0.39 is 6.04 Å². The van der Waals surface area contributed by atoms with Gasteiger partial charge in [-0.05, 0) is 54.2 Å². The molecular formula is C36H34FN3O3S. The minimum absolute atomic E-state index is 0.0472. The molecule has 0 unspecified atom stereocenters. The van der Waals surface area contributed by atoms with Gasteiger partial charge in [-0.1, -0.05) is 75.4 Å². The summed E-state index contributed by atoms with van der Waals surface area (Å²) in [6, 6.07) is 23.2. The summed E-state index contributed by atoms with van der Waals surface area (Å²) in [6.45, 7) is 7.79. The van der Waals surface area contributed by atoms with Crippen LogP contribution in [0.25, 0.3) is 33.6 Å². The highest BCUT2D eigenvalue weighted by Gasteiger charge is 2.22. The predicted molar refractivity (Wildman–Crippen MR) is 174 cm³/mol. The SMILES string of the molecule is COc1ccccc1-c1ccc(-c2cnc(-c3ccc(C[C@H](NC(=O)c4ccc(C(C)(C)C)s4)C(C)=O)cc3)nc2)c(F)c1. The topological polar surface area (TPSA) is 81.2 Å². The van der Waals surface area contributed by atoms with E-state index in [0.29, 0.717) is 39.6 Å². The number of Topliss-reactive ketones (excluding diaryl/α,β-unsaturated/α-hetero) is 1. The quantitative estimate of drug-likeness (QED) is 0.184. The van der Waals surface area contributed by atoms with Crippen molar-refractivity contribution in [3.63, 3.8) is 0 Å². The number of ether oxygens (including phenoxy) is 1. The molecule has 0 radical (unpaired) electrons. The van der Waals surface area contributed by atoms with E-state index >= 15 is 4.39 Å². The lowest BCUT2D eigenvalue weighted by Gasteiger charge is -2.17. The van der Waals surface area contributed by atoms with Crippen LogP contribution in [0, 0.1) is 5.82 Å². The van der Waals surface area contributed by atoms with Crippen LogP contribution < -0.4 is 10.1 Å². The molecule has 1 N–H and O–H groups in total. The maximum absolute atomic E-state index is 15.2. The molecule has 0 spiro atoms. The number of carbonyl (C=O) groups is 2. The standard InChI is InChI=1S/C36H34FN3O3S/c1-22(41)30(40-35(42)32-16-17-33(44-32)36(2,3)4)18-23-10-12-24(13-11-23)34-38-20-26(21-39-34)27-15-14-25(19-29(27)37)28-8-6-7-9-31(28)43-5/h6-17,19-21,30H,18H2,1-5H3,(H,40,42)/t30-/m0/s1. The summed E-state index contributed by atoms with van der Waals surface area (Å²) in [5.74, 6) is 0.428. The number of halogens is 1. The van der Waals surface area contributed by atoms with E-state index in [9.17, 15) is 9.59 Å². The molecule has 3 aromatic carbocycles. The number of para-hydroxylation sites is 1. The summed E-state index contributed by atoms with van der Waals surface area (Å²) in [5, 5.41) is 2.90. The van der Waals surface area contributed by atoms with Crippen molar-refractivity contribution in [1.29, 1.82) is 0 Å². The lowest BCUT2D eigenvalue weighted by atomic mass is 9.95. The lowest BCUT2D eigenvalue weighted by molar-refractivity contribution is -0.118. The van der Waals surface area contributed by atoms with Crippen molar-refractivity contribution in [3.05, 3.63) is 112 Å². The summed E-state index contributed by atoms with van der Waals surface area (Å²) in [5.41, 5.74) is 4.12. The van der Waals surface area contributed by atoms with Gasteiger partial charge in [-0.2, -0.15) is 0 Å². The molecule has 8 heteroatoms. The zero-order chi connectivity index (χ0) is 31.4. The molecule has 0 fully saturated rings. The van der Waals surface area contributed by atoms with E-state index in [2.05, 4.69) is 36.1 Å². The van der Waals surface area contributed by atoms with Crippen LogP contribution in [0.1, 0.15) is 47.8 Å². The number of carbonyl (C=O) groups excluding carboxylic acids is 2. The molecule has 2 aromatic heterocycles. The van der Waals surface area contributed by atoms with E-state index in [-0.39, 0.29) is 22.9 Å². The molecule has 1 amide bonds. The highest BCUT2D eigenvalue weighted by Crippen LogP contribution is 2.33. The first-order valence-corrected chi connectivity index (χ1v) is 15.1. The van der Waals surface area contributed by atoms with Gasteiger partial charge in [0.05, 0.1) is 18.0 Å². The minimum Gasteiger partial charge on any atom is -0.496 e. The molecule has 1 atom stereocenters. The maximum atomic E-state index is 15.2. The largest absolute Gasteiger partial charge is 0.496 e. The number of aromatic nitrogens is 2. The van der Waals surface area contributed by atoms with Crippen LogP contribution in [-0.2, 0) is 16.6 Å². The lowest BCUT2D eigenvalue weighted by Crippen LogP contribution is -2.41. The Hall–Kier alpha value is -4.69. The molecule has 224 valence electrons. The fourth-order valence-electron chi connectivity index (χ4n) is 4.83. The zero-order valence-electron chi connectivity index (χ0n) is 25.4. The van der Waals surface area contributed by atoms with Crippen LogP contribution >= 0.6 is 11.3 Å². The molecule has 5 rings (SSSR count). The molecular weight excluding hydrogens is 573 g/mol. The van der Waals surface area contributed by atoms with Crippen molar-refractivity contribution in [2.75, 3.05) is 7.11 Å². The monoisotopic (exact) mass is 607 g/mol. The van der Waals surface area contributed by atoms with E-state index in [1.54, 1.807) is 25.6 Å². The second-order valence-electron chi connectivity index (χ2n) is 11.6. The van der Waals surface area contributed by atoms with E-state index in [4.69, 9.17) is 4.74 Å². The summed E-state index contributed by atoms with van der Waals surface area (Å²) < 4.78 is 20.6. The first kappa shape index (κ1) is 30.8. The summed E-state index contributed by atoms with van der Waals surface area (Å²) in [6.07, 6.45) is 3.57. The van der Waals surface area contributed by atoms with Crippen molar-refractivity contribution in [3.8, 4) is 39.4 Å². The normalized spacial score (nSPS) is 12.0. The summed E-state index contributed by atoms with van der Waals surface area (Å²) >= 11 is 1.45. The van der Waals surface area contributed by atoms with Crippen molar-refractivity contribution in [1.82, 2.24) is 15.3 Å². The number of methoxy groups -OCH3 is 1. The smallest absolute Gasteiger partial charge is 0.261 e. The van der Waals surface area contributed by atoms with Gasteiger partial charge in [-0.25, -0.2) is 14.4 Å². The van der Waals surface area contributed by atoms with Gasteiger partial charge in [-0.15, -0.1) is 11.3 Å². The second kappa shape index (κ2) is 12.9. The Labute approximate surface area is 261 Å². The van der Waals surface area contributed by atoms with Crippen molar-refractivity contribution in [2.24, 2.45) is 0 Å². The Morgan fingerprint density at radius 3 is 2.18 bits per heavy atom. The highest BCUT2D eigenvalue weighted by molar-refractivity contribution is 7.14. The van der Waals surface area contributed by atoms with Gasteiger partial charge in [0, 0.05) is 39.5 Å². The van der Waals surface area contributed by atoms with E-state index in [0.717, 1.165) is 21.6 Å². The first-order chi connectivity index (χ1) is 21.0. The highest BCUT2D eigenvalue weighted by atomic mass is 32.1. The molecule has 0 saturated carbocycles. The number of hydrogen-bond donors (Lipinski definition) is 1. The van der Waals surface area contributed by atoms with Gasteiger partial charge in [-0.3, -0.25) is 9.59 Å². The molecule has 44 heavy (non-hydrogen) atoms. The summed E-state index contributed by atoms with van der Waals surface area (Å²) in [7, 11) is 1.59. The Balaban J connectivity index is 1.26. The van der Waals surface area contributed by atoms with Gasteiger partial charge in [0.25, 0.3) is 5.91 Å². The third kappa shape index (κ3) is 6.92. The van der Waals surface area contributed by atoms with Crippen LogP contribution in [0.15, 0.2) is 91.3 Å². The Bertz CT molecular complexity index is 1790. The van der Waals surface area contributed by atoms with Crippen LogP contribution in [0.2, 0.25) is 0 Å². The van der Waals surface area contributed by atoms with Crippen LogP contribution in [0.4, 0.5) is 4.39 Å². The van der Waals surface area contributed by atoms with Gasteiger partial charge in [0.2, 0.25) is 0 Å². The third-order valence-corrected chi connectivity index (χ3v) is 8.88. The molecule has 0 aliphatic rings. The number of ketones is 1. The Morgan fingerprint density at radius 1 is 0.886 bits per heavy atom. The van der Waals surface area contributed by atoms with Crippen molar-refractivity contribution in [2.45, 2.75) is 45.6 Å². The minimum atomic E-state index is -0.645. The number of rotatable bonds is 9. The van der Waals surface area contributed by atoms with Gasteiger partial charge < -0.3 is 10.1 Å². The van der Waals surface area contributed by atoms with Crippen LogP contribution in [0.5, 0.6) is 5.75 Å². The maximum Gasteiger partial charge on any atom is 0.261 e. The first-order valence-electron chi connectivity index (χ1n) is 14.3. The molecule has 0 saturated heterocycles. The number of nitrogens with zero attached hydrogens (tertiary/aromatic N) is 2. The molecule has 2 heterocycles. The molecule has 0 aliphatic heterocycles. The Kier molecular flexibility index (Phi) is 9.01. The van der Waals surface area contributed by atoms with Gasteiger partial charge in [0.15, 0.2) is 11.6 Å². The summed E-state index contributed by atoms with van der Waals surface area (Å²) in [4.78, 5) is 35.9. The Morgan fingerprint density at radius 2 is 1.57 bits per heavy atom. The van der Waals surface area contributed by atoms with E-state index in [1.165, 1.54) is 24.3 Å². The molecule has 0 aliphatic carbocycles. The molecule has 0 bridgehead atoms. The number of amides is 1. The van der Waals surface area contributed by atoms with E-state index in [1.807, 2.05) is 66.7 Å². The number of thiophene rings is 1. The third-order valence-electron chi connectivity index (χ3n) is 7.37. The molecule has 5 aromatic rings. The van der Waals surface area contributed by atoms with Gasteiger partial charge >= 0.3 is 0 Å².